The molecule has 1 aliphatic heterocycles. The molecule has 0 aromatic rings. The second kappa shape index (κ2) is 3.78. The molecule has 0 N–H and O–H groups in total. The highest BCUT2D eigenvalue weighted by Gasteiger charge is 2.42. The lowest BCUT2D eigenvalue weighted by Crippen LogP contribution is -2.61. The van der Waals surface area contributed by atoms with E-state index in [0.717, 1.165) is 13.1 Å². The van der Waals surface area contributed by atoms with Crippen molar-refractivity contribution in [3.05, 3.63) is 0 Å². The number of likely N-dealkylation sites (N-methyl/N-ethyl adjacent to an activating group) is 1. The van der Waals surface area contributed by atoms with E-state index in [1.54, 1.807) is 0 Å². The Labute approximate surface area is 93.4 Å². The molecule has 0 aliphatic carbocycles. The maximum Gasteiger partial charge on any atom is 0.237 e. The topological polar surface area (TPSA) is 23.6 Å². The Morgan fingerprint density at radius 2 is 1.60 bits per heavy atom. The lowest BCUT2D eigenvalue weighted by atomic mass is 9.74. The van der Waals surface area contributed by atoms with Crippen molar-refractivity contribution >= 4 is 5.91 Å². The molecule has 0 aromatic heterocycles. The van der Waals surface area contributed by atoms with Crippen molar-refractivity contribution in [2.45, 2.75) is 40.2 Å². The highest BCUT2D eigenvalue weighted by molar-refractivity contribution is 5.79. The van der Waals surface area contributed by atoms with Crippen molar-refractivity contribution in [1.29, 1.82) is 0 Å². The highest BCUT2D eigenvalue weighted by Crippen LogP contribution is 2.35. The minimum atomic E-state index is -0.0780. The van der Waals surface area contributed by atoms with Gasteiger partial charge in [0.2, 0.25) is 5.91 Å². The van der Waals surface area contributed by atoms with Crippen LogP contribution in [0.2, 0.25) is 0 Å². The Morgan fingerprint density at radius 1 is 1.07 bits per heavy atom. The van der Waals surface area contributed by atoms with Crippen molar-refractivity contribution < 1.29 is 4.79 Å². The minimum absolute atomic E-state index is 0.0780. The molecule has 0 aromatic carbocycles. The Bertz CT molecular complexity index is 253. The number of hydrogen-bond donors (Lipinski definition) is 0. The molecule has 0 radical (unpaired) electrons. The molecule has 1 aliphatic rings. The fourth-order valence-electron chi connectivity index (χ4n) is 1.79. The van der Waals surface area contributed by atoms with Crippen LogP contribution in [0.1, 0.15) is 34.6 Å². The summed E-state index contributed by atoms with van der Waals surface area (Å²) in [6.07, 6.45) is 0. The van der Waals surface area contributed by atoms with Crippen LogP contribution < -0.4 is 0 Å². The SMILES string of the molecule is CN1CCN(C(C)(C)C(C)(C)C)C(=O)C1. The molecular formula is C12H24N2O. The number of amides is 1. The number of hydrogen-bond acceptors (Lipinski definition) is 2. The number of nitrogens with zero attached hydrogens (tertiary/aromatic N) is 2. The first-order valence-corrected chi connectivity index (χ1v) is 5.65. The van der Waals surface area contributed by atoms with Crippen molar-refractivity contribution in [3.63, 3.8) is 0 Å². The standard InChI is InChI=1S/C12H24N2O/c1-11(2,3)12(4,5)14-8-7-13(6)9-10(14)15/h7-9H2,1-6H3. The second-order valence-electron chi connectivity index (χ2n) is 6.09. The van der Waals surface area contributed by atoms with Crippen LogP contribution in [0.25, 0.3) is 0 Å². The van der Waals surface area contributed by atoms with Gasteiger partial charge in [0.25, 0.3) is 0 Å². The molecule has 0 atom stereocenters. The maximum atomic E-state index is 12.0. The molecule has 15 heavy (non-hydrogen) atoms. The maximum absolute atomic E-state index is 12.0. The van der Waals surface area contributed by atoms with Gasteiger partial charge in [0.1, 0.15) is 0 Å². The van der Waals surface area contributed by atoms with Gasteiger partial charge in [0.05, 0.1) is 6.54 Å². The van der Waals surface area contributed by atoms with Gasteiger partial charge in [-0.05, 0) is 26.3 Å². The van der Waals surface area contributed by atoms with Gasteiger partial charge in [-0.1, -0.05) is 20.8 Å². The summed E-state index contributed by atoms with van der Waals surface area (Å²) >= 11 is 0. The molecule has 1 heterocycles. The van der Waals surface area contributed by atoms with Gasteiger partial charge >= 0.3 is 0 Å². The van der Waals surface area contributed by atoms with Crippen molar-refractivity contribution in [2.75, 3.05) is 26.7 Å². The molecule has 1 rings (SSSR count). The molecule has 3 nitrogen and oxygen atoms in total. The van der Waals surface area contributed by atoms with Gasteiger partial charge in [0, 0.05) is 18.6 Å². The highest BCUT2D eigenvalue weighted by atomic mass is 16.2. The summed E-state index contributed by atoms with van der Waals surface area (Å²) in [5.41, 5.74) is 0.0317. The minimum Gasteiger partial charge on any atom is -0.335 e. The third-order valence-corrected chi connectivity index (χ3v) is 3.92. The predicted octanol–water partition coefficient (Wildman–Crippen LogP) is 1.59. The molecule has 0 unspecified atom stereocenters. The number of carbonyl (C=O) groups excluding carboxylic acids is 1. The molecule has 0 bridgehead atoms. The Morgan fingerprint density at radius 3 is 2.00 bits per heavy atom. The van der Waals surface area contributed by atoms with Crippen LogP contribution in [-0.2, 0) is 4.79 Å². The lowest BCUT2D eigenvalue weighted by molar-refractivity contribution is -0.146. The average Bonchev–Trinajstić information content (AvgIpc) is 2.00. The zero-order valence-electron chi connectivity index (χ0n) is 10.9. The Balaban J connectivity index is 2.84. The smallest absolute Gasteiger partial charge is 0.237 e. The largest absolute Gasteiger partial charge is 0.335 e. The van der Waals surface area contributed by atoms with E-state index in [-0.39, 0.29) is 16.9 Å². The summed E-state index contributed by atoms with van der Waals surface area (Å²) < 4.78 is 0. The number of piperazine rings is 1. The van der Waals surface area contributed by atoms with E-state index in [1.165, 1.54) is 0 Å². The van der Waals surface area contributed by atoms with Crippen molar-refractivity contribution in [2.24, 2.45) is 5.41 Å². The van der Waals surface area contributed by atoms with Crippen LogP contribution in [0.5, 0.6) is 0 Å². The summed E-state index contributed by atoms with van der Waals surface area (Å²) in [4.78, 5) is 16.1. The Kier molecular flexibility index (Phi) is 3.15. The first-order valence-electron chi connectivity index (χ1n) is 5.65. The van der Waals surface area contributed by atoms with E-state index in [0.29, 0.717) is 6.54 Å². The zero-order chi connectivity index (χ0) is 11.9. The van der Waals surface area contributed by atoms with Gasteiger partial charge in [-0.3, -0.25) is 9.69 Å². The van der Waals surface area contributed by atoms with E-state index >= 15 is 0 Å². The van der Waals surface area contributed by atoms with Gasteiger partial charge < -0.3 is 4.90 Å². The third kappa shape index (κ3) is 2.33. The zero-order valence-corrected chi connectivity index (χ0v) is 10.9. The molecular weight excluding hydrogens is 188 g/mol. The molecule has 1 fully saturated rings. The Hall–Kier alpha value is -0.570. The van der Waals surface area contributed by atoms with Crippen LogP contribution in [-0.4, -0.2) is 47.9 Å². The molecule has 0 saturated carbocycles. The van der Waals surface area contributed by atoms with Crippen molar-refractivity contribution in [3.8, 4) is 0 Å². The molecule has 0 spiro atoms. The van der Waals surface area contributed by atoms with Crippen LogP contribution >= 0.6 is 0 Å². The predicted molar refractivity (Wildman–Crippen MR) is 62.7 cm³/mol. The van der Waals surface area contributed by atoms with E-state index in [4.69, 9.17) is 0 Å². The van der Waals surface area contributed by atoms with Crippen LogP contribution in [0.3, 0.4) is 0 Å². The quantitative estimate of drug-likeness (QED) is 0.659. The molecule has 88 valence electrons. The summed E-state index contributed by atoms with van der Waals surface area (Å²) in [7, 11) is 2.00. The summed E-state index contributed by atoms with van der Waals surface area (Å²) in [5, 5.41) is 0. The van der Waals surface area contributed by atoms with Crippen LogP contribution in [0.15, 0.2) is 0 Å². The van der Waals surface area contributed by atoms with Crippen LogP contribution in [0, 0.1) is 5.41 Å². The second-order valence-corrected chi connectivity index (χ2v) is 6.09. The third-order valence-electron chi connectivity index (χ3n) is 3.92. The van der Waals surface area contributed by atoms with E-state index in [2.05, 4.69) is 39.5 Å². The number of rotatable bonds is 1. The molecule has 1 saturated heterocycles. The molecule has 3 heteroatoms. The number of carbonyl (C=O) groups is 1. The van der Waals surface area contributed by atoms with Crippen LogP contribution in [0.4, 0.5) is 0 Å². The summed E-state index contributed by atoms with van der Waals surface area (Å²) in [5.74, 6) is 0.253. The monoisotopic (exact) mass is 212 g/mol. The van der Waals surface area contributed by atoms with E-state index < -0.39 is 0 Å². The lowest BCUT2D eigenvalue weighted by Gasteiger charge is -2.50. The normalized spacial score (nSPS) is 20.9. The fourth-order valence-corrected chi connectivity index (χ4v) is 1.79. The summed E-state index contributed by atoms with van der Waals surface area (Å²) in [6.45, 7) is 13.3. The van der Waals surface area contributed by atoms with Gasteiger partial charge in [0.15, 0.2) is 0 Å². The van der Waals surface area contributed by atoms with Gasteiger partial charge in [-0.25, -0.2) is 0 Å². The van der Waals surface area contributed by atoms with E-state index in [1.807, 2.05) is 11.9 Å². The van der Waals surface area contributed by atoms with Gasteiger partial charge in [-0.2, -0.15) is 0 Å². The molecule has 1 amide bonds. The first-order chi connectivity index (χ1) is 6.66. The average molecular weight is 212 g/mol. The summed E-state index contributed by atoms with van der Waals surface area (Å²) in [6, 6.07) is 0. The van der Waals surface area contributed by atoms with Gasteiger partial charge in [-0.15, -0.1) is 0 Å². The first kappa shape index (κ1) is 12.5. The van der Waals surface area contributed by atoms with Crippen molar-refractivity contribution in [1.82, 2.24) is 9.80 Å². The van der Waals surface area contributed by atoms with E-state index in [9.17, 15) is 4.79 Å². The fraction of sp³-hybridized carbons (Fsp3) is 0.917.